The summed E-state index contributed by atoms with van der Waals surface area (Å²) in [5.41, 5.74) is -0.697. The lowest BCUT2D eigenvalue weighted by Gasteiger charge is -2.21. The average Bonchev–Trinajstić information content (AvgIpc) is 3.36. The van der Waals surface area contributed by atoms with Crippen molar-refractivity contribution in [2.75, 3.05) is 6.54 Å². The van der Waals surface area contributed by atoms with Crippen LogP contribution in [0.25, 0.3) is 0 Å². The van der Waals surface area contributed by atoms with Gasteiger partial charge >= 0.3 is 0 Å². The van der Waals surface area contributed by atoms with Crippen LogP contribution in [-0.4, -0.2) is 28.2 Å². The summed E-state index contributed by atoms with van der Waals surface area (Å²) in [5.74, 6) is -0.546. The van der Waals surface area contributed by atoms with E-state index in [0.717, 1.165) is 9.75 Å². The van der Waals surface area contributed by atoms with Gasteiger partial charge in [0, 0.05) is 15.8 Å². The summed E-state index contributed by atoms with van der Waals surface area (Å²) in [4.78, 5) is 39.5. The number of nitro groups is 1. The predicted octanol–water partition coefficient (Wildman–Crippen LogP) is 4.17. The highest BCUT2D eigenvalue weighted by molar-refractivity contribution is 7.11. The Bertz CT molecular complexity index is 1060. The third kappa shape index (κ3) is 5.25. The van der Waals surface area contributed by atoms with Crippen LogP contribution in [0.2, 0.25) is 5.02 Å². The number of furan rings is 1. The second-order valence-corrected chi connectivity index (χ2v) is 8.19. The number of benzene rings is 1. The zero-order valence-corrected chi connectivity index (χ0v) is 17.5. The molecule has 0 unspecified atom stereocenters. The molecule has 1 aromatic carbocycles. The summed E-state index contributed by atoms with van der Waals surface area (Å²) in [6.07, 6.45) is 1.52. The number of nitrogens with zero attached hydrogens (tertiary/aromatic N) is 2. The van der Waals surface area contributed by atoms with Crippen molar-refractivity contribution in [1.82, 2.24) is 10.2 Å². The van der Waals surface area contributed by atoms with Crippen LogP contribution in [0.4, 0.5) is 5.69 Å². The summed E-state index contributed by atoms with van der Waals surface area (Å²) in [7, 11) is 0. The van der Waals surface area contributed by atoms with Gasteiger partial charge in [0.05, 0.1) is 35.8 Å². The first kappa shape index (κ1) is 21.5. The summed E-state index contributed by atoms with van der Waals surface area (Å²) in [6, 6.07) is 11.3. The molecule has 0 fully saturated rings. The van der Waals surface area contributed by atoms with E-state index in [9.17, 15) is 19.7 Å². The fraction of sp³-hybridized carbons (Fsp3) is 0.200. The number of hydrogen-bond donors (Lipinski definition) is 1. The van der Waals surface area contributed by atoms with Gasteiger partial charge in [-0.05, 0) is 37.3 Å². The van der Waals surface area contributed by atoms with Gasteiger partial charge in [0.2, 0.25) is 5.91 Å². The maximum atomic E-state index is 12.8. The fourth-order valence-electron chi connectivity index (χ4n) is 2.83. The molecule has 0 saturated heterocycles. The van der Waals surface area contributed by atoms with Crippen molar-refractivity contribution in [2.24, 2.45) is 0 Å². The van der Waals surface area contributed by atoms with Crippen molar-refractivity contribution in [3.8, 4) is 0 Å². The van der Waals surface area contributed by atoms with Crippen LogP contribution in [-0.2, 0) is 17.9 Å². The number of nitro benzene ring substituents is 1. The van der Waals surface area contributed by atoms with Gasteiger partial charge in [-0.3, -0.25) is 19.7 Å². The first-order chi connectivity index (χ1) is 14.3. The minimum absolute atomic E-state index is 0.0596. The highest BCUT2D eigenvalue weighted by Crippen LogP contribution is 2.26. The largest absolute Gasteiger partial charge is 0.467 e. The van der Waals surface area contributed by atoms with Gasteiger partial charge in [-0.1, -0.05) is 17.7 Å². The summed E-state index contributed by atoms with van der Waals surface area (Å²) in [5, 5.41) is 13.6. The Morgan fingerprint density at radius 2 is 2.00 bits per heavy atom. The molecule has 0 aliphatic heterocycles. The number of hydrogen-bond acceptors (Lipinski definition) is 6. The maximum absolute atomic E-state index is 12.8. The molecule has 8 nitrogen and oxygen atoms in total. The minimum atomic E-state index is -0.787. The number of halogens is 1. The van der Waals surface area contributed by atoms with Crippen LogP contribution < -0.4 is 5.32 Å². The van der Waals surface area contributed by atoms with Crippen LogP contribution >= 0.6 is 22.9 Å². The lowest BCUT2D eigenvalue weighted by atomic mass is 10.1. The number of thiophene rings is 1. The highest BCUT2D eigenvalue weighted by Gasteiger charge is 2.24. The first-order valence-electron chi connectivity index (χ1n) is 8.91. The van der Waals surface area contributed by atoms with E-state index in [-0.39, 0.29) is 29.6 Å². The minimum Gasteiger partial charge on any atom is -0.467 e. The molecule has 0 aliphatic rings. The zero-order chi connectivity index (χ0) is 21.7. The third-order valence-corrected chi connectivity index (χ3v) is 5.54. The molecule has 3 rings (SSSR count). The standard InChI is InChI=1S/C20H18ClN3O5S/c1-13-7-8-15(30-13)12-23(11-14-4-3-9-29-14)18(25)10-22-20(26)19-16(21)5-2-6-17(19)24(27)28/h2-9H,10-12H2,1H3,(H,22,26). The second-order valence-electron chi connectivity index (χ2n) is 6.42. The van der Waals surface area contributed by atoms with Crippen LogP contribution in [0.3, 0.4) is 0 Å². The molecule has 0 atom stereocenters. The highest BCUT2D eigenvalue weighted by atomic mass is 35.5. The molecule has 30 heavy (non-hydrogen) atoms. The predicted molar refractivity (Wildman–Crippen MR) is 112 cm³/mol. The van der Waals surface area contributed by atoms with E-state index in [4.69, 9.17) is 16.0 Å². The van der Waals surface area contributed by atoms with E-state index in [1.807, 2.05) is 19.1 Å². The second kappa shape index (κ2) is 9.55. The van der Waals surface area contributed by atoms with E-state index in [0.29, 0.717) is 12.3 Å². The molecule has 0 aliphatic carbocycles. The number of nitrogens with one attached hydrogen (secondary N) is 1. The van der Waals surface area contributed by atoms with Gasteiger partial charge in [-0.2, -0.15) is 0 Å². The van der Waals surface area contributed by atoms with Gasteiger partial charge in [-0.15, -0.1) is 11.3 Å². The molecule has 0 spiro atoms. The van der Waals surface area contributed by atoms with E-state index >= 15 is 0 Å². The molecular weight excluding hydrogens is 430 g/mol. The molecule has 2 heterocycles. The first-order valence-corrected chi connectivity index (χ1v) is 10.1. The molecule has 10 heteroatoms. The molecule has 2 aromatic heterocycles. The smallest absolute Gasteiger partial charge is 0.283 e. The summed E-state index contributed by atoms with van der Waals surface area (Å²) in [6.45, 7) is 2.21. The van der Waals surface area contributed by atoms with Crippen molar-refractivity contribution in [3.63, 3.8) is 0 Å². The maximum Gasteiger partial charge on any atom is 0.283 e. The van der Waals surface area contributed by atoms with Gasteiger partial charge < -0.3 is 14.6 Å². The monoisotopic (exact) mass is 447 g/mol. The zero-order valence-electron chi connectivity index (χ0n) is 16.0. The van der Waals surface area contributed by atoms with E-state index < -0.39 is 16.5 Å². The molecule has 0 saturated carbocycles. The number of rotatable bonds is 8. The number of amides is 2. The molecule has 1 N–H and O–H groups in total. The fourth-order valence-corrected chi connectivity index (χ4v) is 3.99. The third-order valence-electron chi connectivity index (χ3n) is 4.24. The van der Waals surface area contributed by atoms with Crippen LogP contribution in [0.15, 0.2) is 53.1 Å². The molecule has 3 aromatic rings. The van der Waals surface area contributed by atoms with Crippen molar-refractivity contribution >= 4 is 40.4 Å². The van der Waals surface area contributed by atoms with Crippen molar-refractivity contribution in [1.29, 1.82) is 0 Å². The lowest BCUT2D eigenvalue weighted by Crippen LogP contribution is -2.39. The molecular formula is C20H18ClN3O5S. The topological polar surface area (TPSA) is 106 Å². The lowest BCUT2D eigenvalue weighted by molar-refractivity contribution is -0.385. The summed E-state index contributed by atoms with van der Waals surface area (Å²) >= 11 is 7.55. The van der Waals surface area contributed by atoms with Crippen LogP contribution in [0.5, 0.6) is 0 Å². The Balaban J connectivity index is 1.72. The van der Waals surface area contributed by atoms with Crippen molar-refractivity contribution < 1.29 is 18.9 Å². The number of carbonyl (C=O) groups excluding carboxylic acids is 2. The van der Waals surface area contributed by atoms with Crippen molar-refractivity contribution in [2.45, 2.75) is 20.0 Å². The van der Waals surface area contributed by atoms with Gasteiger partial charge in [0.1, 0.15) is 11.3 Å². The number of carbonyl (C=O) groups is 2. The van der Waals surface area contributed by atoms with E-state index in [1.54, 1.807) is 28.4 Å². The Kier molecular flexibility index (Phi) is 6.86. The molecule has 2 amide bonds. The quantitative estimate of drug-likeness (QED) is 0.412. The van der Waals surface area contributed by atoms with E-state index in [2.05, 4.69) is 5.32 Å². The molecule has 0 bridgehead atoms. The van der Waals surface area contributed by atoms with Gasteiger partial charge in [0.15, 0.2) is 0 Å². The summed E-state index contributed by atoms with van der Waals surface area (Å²) < 4.78 is 5.34. The Hall–Kier alpha value is -3.17. The Morgan fingerprint density at radius 3 is 2.63 bits per heavy atom. The molecule has 156 valence electrons. The SMILES string of the molecule is Cc1ccc(CN(Cc2ccco2)C(=O)CNC(=O)c2c(Cl)cccc2[N+](=O)[O-])s1. The Labute approximate surface area is 181 Å². The molecule has 0 radical (unpaired) electrons. The van der Waals surface area contributed by atoms with Gasteiger partial charge in [-0.25, -0.2) is 0 Å². The number of aryl methyl sites for hydroxylation is 1. The van der Waals surface area contributed by atoms with E-state index in [1.165, 1.54) is 24.5 Å². The Morgan fingerprint density at radius 1 is 1.20 bits per heavy atom. The van der Waals surface area contributed by atoms with Gasteiger partial charge in [0.25, 0.3) is 11.6 Å². The van der Waals surface area contributed by atoms with Crippen LogP contribution in [0.1, 0.15) is 25.9 Å². The van der Waals surface area contributed by atoms with Crippen LogP contribution in [0, 0.1) is 17.0 Å². The average molecular weight is 448 g/mol. The normalized spacial score (nSPS) is 10.6. The van der Waals surface area contributed by atoms with Crippen molar-refractivity contribution in [3.05, 3.63) is 84.9 Å².